The van der Waals surface area contributed by atoms with E-state index in [9.17, 15) is 19.2 Å². The summed E-state index contributed by atoms with van der Waals surface area (Å²) in [5, 5.41) is 2.73. The number of nitrogens with one attached hydrogen (secondary N) is 1. The van der Waals surface area contributed by atoms with Crippen LogP contribution in [0, 0.1) is 0 Å². The Hall–Kier alpha value is -4.21. The number of hydrogen-bond donors (Lipinski definition) is 1. The molecule has 1 saturated heterocycles. The van der Waals surface area contributed by atoms with E-state index in [2.05, 4.69) is 21.2 Å². The molecule has 0 aromatic heterocycles. The average Bonchev–Trinajstić information content (AvgIpc) is 2.88. The van der Waals surface area contributed by atoms with Gasteiger partial charge in [-0.25, -0.2) is 14.5 Å². The number of para-hydroxylation sites is 2. The lowest BCUT2D eigenvalue weighted by atomic mass is 10.1. The number of imide groups is 2. The van der Waals surface area contributed by atoms with Gasteiger partial charge in [0.05, 0.1) is 12.8 Å². The number of halogens is 2. The minimum Gasteiger partial charge on any atom is -0.495 e. The molecule has 1 aliphatic rings. The third-order valence-electron chi connectivity index (χ3n) is 5.19. The van der Waals surface area contributed by atoms with Crippen LogP contribution in [0.5, 0.6) is 11.5 Å². The molecule has 0 aliphatic carbocycles. The van der Waals surface area contributed by atoms with Crippen molar-refractivity contribution >= 4 is 69.2 Å². The standard InChI is InChI=1S/C27H18BrClN2O6/c1-36-23-5-3-2-4-21(23)31-26(34)20(25(33)30-27(31)35)15-17-14-18(28)9-12-22(17)37-24(32)13-8-16-6-10-19(29)11-7-16/h2-15H,1H3,(H,30,33,35)/b13-8+,20-15-. The van der Waals surface area contributed by atoms with Gasteiger partial charge in [0.15, 0.2) is 0 Å². The molecule has 3 aromatic carbocycles. The van der Waals surface area contributed by atoms with Gasteiger partial charge in [-0.2, -0.15) is 0 Å². The van der Waals surface area contributed by atoms with E-state index in [-0.39, 0.29) is 28.3 Å². The second-order valence-electron chi connectivity index (χ2n) is 7.62. The largest absolute Gasteiger partial charge is 0.495 e. The fourth-order valence-electron chi connectivity index (χ4n) is 3.45. The second kappa shape index (κ2) is 11.2. The molecule has 0 bridgehead atoms. The first-order valence-electron chi connectivity index (χ1n) is 10.8. The monoisotopic (exact) mass is 580 g/mol. The van der Waals surface area contributed by atoms with Crippen LogP contribution in [0.2, 0.25) is 5.02 Å². The number of amides is 4. The molecule has 0 unspecified atom stereocenters. The van der Waals surface area contributed by atoms with Crippen LogP contribution < -0.4 is 19.7 Å². The van der Waals surface area contributed by atoms with Gasteiger partial charge in [-0.05, 0) is 60.2 Å². The number of methoxy groups -OCH3 is 1. The van der Waals surface area contributed by atoms with E-state index >= 15 is 0 Å². The number of anilines is 1. The van der Waals surface area contributed by atoms with Crippen LogP contribution in [0.3, 0.4) is 0 Å². The molecule has 37 heavy (non-hydrogen) atoms. The van der Waals surface area contributed by atoms with Gasteiger partial charge in [-0.1, -0.05) is 51.8 Å². The third kappa shape index (κ3) is 5.96. The number of hydrogen-bond acceptors (Lipinski definition) is 6. The predicted octanol–water partition coefficient (Wildman–Crippen LogP) is 5.40. The first-order chi connectivity index (χ1) is 17.8. The minimum atomic E-state index is -0.912. The summed E-state index contributed by atoms with van der Waals surface area (Å²) in [5.41, 5.74) is 0.831. The van der Waals surface area contributed by atoms with Crippen molar-refractivity contribution in [3.8, 4) is 11.5 Å². The molecule has 0 atom stereocenters. The lowest BCUT2D eigenvalue weighted by Gasteiger charge is -2.27. The molecule has 4 rings (SSSR count). The molecule has 1 heterocycles. The zero-order valence-corrected chi connectivity index (χ0v) is 21.6. The molecule has 1 aliphatic heterocycles. The molecule has 10 heteroatoms. The molecule has 0 saturated carbocycles. The summed E-state index contributed by atoms with van der Waals surface area (Å²) in [6.45, 7) is 0. The molecular formula is C27H18BrClN2O6. The minimum absolute atomic E-state index is 0.0998. The predicted molar refractivity (Wildman–Crippen MR) is 142 cm³/mol. The van der Waals surface area contributed by atoms with E-state index in [1.807, 2.05) is 0 Å². The van der Waals surface area contributed by atoms with E-state index in [1.165, 1.54) is 31.4 Å². The highest BCUT2D eigenvalue weighted by molar-refractivity contribution is 9.10. The molecule has 186 valence electrons. The van der Waals surface area contributed by atoms with Crippen LogP contribution in [-0.2, 0) is 14.4 Å². The maximum atomic E-state index is 13.3. The lowest BCUT2D eigenvalue weighted by molar-refractivity contribution is -0.129. The summed E-state index contributed by atoms with van der Waals surface area (Å²) in [6, 6.07) is 17.1. The van der Waals surface area contributed by atoms with E-state index in [0.717, 1.165) is 10.5 Å². The van der Waals surface area contributed by atoms with E-state index in [1.54, 1.807) is 60.7 Å². The van der Waals surface area contributed by atoms with Gasteiger partial charge in [-0.3, -0.25) is 14.9 Å². The first-order valence-corrected chi connectivity index (χ1v) is 11.9. The highest BCUT2D eigenvalue weighted by Gasteiger charge is 2.38. The molecule has 3 aromatic rings. The fraction of sp³-hybridized carbons (Fsp3) is 0.0370. The van der Waals surface area contributed by atoms with Gasteiger partial charge < -0.3 is 9.47 Å². The Labute approximate surface area is 225 Å². The smallest absolute Gasteiger partial charge is 0.336 e. The number of rotatable bonds is 6. The Balaban J connectivity index is 1.65. The van der Waals surface area contributed by atoms with Crippen LogP contribution in [-0.4, -0.2) is 30.9 Å². The maximum Gasteiger partial charge on any atom is 0.336 e. The number of esters is 1. The van der Waals surface area contributed by atoms with Crippen molar-refractivity contribution in [2.75, 3.05) is 12.0 Å². The molecular weight excluding hydrogens is 564 g/mol. The van der Waals surface area contributed by atoms with Crippen molar-refractivity contribution in [1.82, 2.24) is 5.32 Å². The van der Waals surface area contributed by atoms with E-state index in [4.69, 9.17) is 21.1 Å². The number of barbiturate groups is 1. The van der Waals surface area contributed by atoms with Crippen molar-refractivity contribution in [2.45, 2.75) is 0 Å². The summed E-state index contributed by atoms with van der Waals surface area (Å²) in [6.07, 6.45) is 4.05. The molecule has 0 radical (unpaired) electrons. The van der Waals surface area contributed by atoms with Crippen LogP contribution >= 0.6 is 27.5 Å². The Morgan fingerprint density at radius 1 is 1.00 bits per heavy atom. The van der Waals surface area contributed by atoms with Gasteiger partial charge in [0.1, 0.15) is 17.1 Å². The molecule has 1 N–H and O–H groups in total. The molecule has 4 amide bonds. The Kier molecular flexibility index (Phi) is 7.86. The van der Waals surface area contributed by atoms with Crippen molar-refractivity contribution in [3.63, 3.8) is 0 Å². The lowest BCUT2D eigenvalue weighted by Crippen LogP contribution is -2.54. The highest BCUT2D eigenvalue weighted by atomic mass is 79.9. The zero-order valence-electron chi connectivity index (χ0n) is 19.2. The number of ether oxygens (including phenoxy) is 2. The van der Waals surface area contributed by atoms with Gasteiger partial charge >= 0.3 is 12.0 Å². The number of urea groups is 1. The Bertz CT molecular complexity index is 1470. The van der Waals surface area contributed by atoms with Crippen LogP contribution in [0.1, 0.15) is 11.1 Å². The second-order valence-corrected chi connectivity index (χ2v) is 8.97. The van der Waals surface area contributed by atoms with Crippen LogP contribution in [0.25, 0.3) is 12.2 Å². The van der Waals surface area contributed by atoms with Gasteiger partial charge in [0.25, 0.3) is 11.8 Å². The average molecular weight is 582 g/mol. The fourth-order valence-corrected chi connectivity index (χ4v) is 3.96. The molecule has 1 fully saturated rings. The summed E-state index contributed by atoms with van der Waals surface area (Å²) < 4.78 is 11.3. The van der Waals surface area contributed by atoms with E-state index < -0.39 is 23.8 Å². The number of nitrogens with zero attached hydrogens (tertiary/aromatic N) is 1. The van der Waals surface area contributed by atoms with Gasteiger partial charge in [-0.15, -0.1) is 0 Å². The van der Waals surface area contributed by atoms with Crippen molar-refractivity contribution in [2.24, 2.45) is 0 Å². The van der Waals surface area contributed by atoms with E-state index in [0.29, 0.717) is 9.50 Å². The number of benzene rings is 3. The Morgan fingerprint density at radius 2 is 1.73 bits per heavy atom. The quantitative estimate of drug-likeness (QED) is 0.181. The van der Waals surface area contributed by atoms with Gasteiger partial charge in [0, 0.05) is 21.1 Å². The highest BCUT2D eigenvalue weighted by Crippen LogP contribution is 2.32. The summed E-state index contributed by atoms with van der Waals surface area (Å²) in [4.78, 5) is 51.8. The number of carbonyl (C=O) groups is 4. The summed E-state index contributed by atoms with van der Waals surface area (Å²) in [7, 11) is 1.40. The zero-order chi connectivity index (χ0) is 26.5. The van der Waals surface area contributed by atoms with Crippen molar-refractivity contribution in [1.29, 1.82) is 0 Å². The summed E-state index contributed by atoms with van der Waals surface area (Å²) >= 11 is 9.21. The normalized spacial score (nSPS) is 14.7. The van der Waals surface area contributed by atoms with Crippen LogP contribution in [0.4, 0.5) is 10.5 Å². The first kappa shape index (κ1) is 25.9. The SMILES string of the molecule is COc1ccccc1N1C(=O)NC(=O)/C(=C/c2cc(Br)ccc2OC(=O)/C=C/c2ccc(Cl)cc2)C1=O. The Morgan fingerprint density at radius 3 is 2.46 bits per heavy atom. The number of carbonyl (C=O) groups excluding carboxylic acids is 4. The van der Waals surface area contributed by atoms with Crippen molar-refractivity contribution in [3.05, 3.63) is 99.0 Å². The molecule has 0 spiro atoms. The molecule has 8 nitrogen and oxygen atoms in total. The topological polar surface area (TPSA) is 102 Å². The maximum absolute atomic E-state index is 13.3. The third-order valence-corrected chi connectivity index (χ3v) is 5.94. The van der Waals surface area contributed by atoms with Gasteiger partial charge in [0.2, 0.25) is 0 Å². The summed E-state index contributed by atoms with van der Waals surface area (Å²) in [5.74, 6) is -2.06. The van der Waals surface area contributed by atoms with Crippen LogP contribution in [0.15, 0.2) is 82.9 Å². The van der Waals surface area contributed by atoms with Crippen molar-refractivity contribution < 1.29 is 28.7 Å².